The predicted octanol–water partition coefficient (Wildman–Crippen LogP) is 3.04. The summed E-state index contributed by atoms with van der Waals surface area (Å²) in [4.78, 5) is 12.6. The Morgan fingerprint density at radius 3 is 2.83 bits per heavy atom. The molecule has 1 saturated heterocycles. The van der Waals surface area contributed by atoms with Crippen LogP contribution in [0.5, 0.6) is 0 Å². The molecule has 1 unspecified atom stereocenters. The zero-order chi connectivity index (χ0) is 20.9. The summed E-state index contributed by atoms with van der Waals surface area (Å²) in [6.07, 6.45) is 6.83. The van der Waals surface area contributed by atoms with E-state index in [1.54, 1.807) is 12.2 Å². The Morgan fingerprint density at radius 2 is 2.07 bits per heavy atom. The Balaban J connectivity index is 1.53. The van der Waals surface area contributed by atoms with Gasteiger partial charge in [-0.2, -0.15) is 0 Å². The Morgan fingerprint density at radius 1 is 1.23 bits per heavy atom. The van der Waals surface area contributed by atoms with Gasteiger partial charge < -0.3 is 18.6 Å². The van der Waals surface area contributed by atoms with Crippen LogP contribution in [-0.2, 0) is 27.2 Å². The predicted molar refractivity (Wildman–Crippen MR) is 116 cm³/mol. The van der Waals surface area contributed by atoms with Crippen LogP contribution in [0.25, 0.3) is 18.7 Å². The lowest BCUT2D eigenvalue weighted by atomic mass is 9.96. The lowest BCUT2D eigenvalue weighted by Crippen LogP contribution is -2.35. The highest BCUT2D eigenvalue weighted by Gasteiger charge is 2.21. The first-order valence-electron chi connectivity index (χ1n) is 10.3. The summed E-state index contributed by atoms with van der Waals surface area (Å²) in [5, 5.41) is 0.686. The molecular weight excluding hydrogens is 380 g/mol. The molecule has 156 valence electrons. The summed E-state index contributed by atoms with van der Waals surface area (Å²) in [6.45, 7) is 9.83. The standard InChI is InChI=1S/C25H26O5/c1-17(28-15-19-7-4-3-5-8-19)13-24-18(2)22-11-10-20(14-23(22)25(26)30-24)29-21-9-6-12-27-16-21/h3-5,7-8,13-14,21H,1-2,6,9-12,15-16H2/b24-13+. The minimum atomic E-state index is -0.403. The Hall–Kier alpha value is -3.05. The van der Waals surface area contributed by atoms with Gasteiger partial charge in [-0.15, -0.1) is 0 Å². The highest BCUT2D eigenvalue weighted by atomic mass is 16.5. The average molecular weight is 406 g/mol. The van der Waals surface area contributed by atoms with Crippen molar-refractivity contribution >= 4 is 18.7 Å². The molecule has 1 atom stereocenters. The molecule has 5 nitrogen and oxygen atoms in total. The lowest BCUT2D eigenvalue weighted by molar-refractivity contribution is -0.0244. The number of ether oxygens (including phenoxy) is 3. The molecule has 1 aliphatic heterocycles. The van der Waals surface area contributed by atoms with Gasteiger partial charge in [0.1, 0.15) is 23.9 Å². The molecule has 1 aliphatic carbocycles. The molecular formula is C25H26O5. The lowest BCUT2D eigenvalue weighted by Gasteiger charge is -2.26. The van der Waals surface area contributed by atoms with Crippen LogP contribution in [0.4, 0.5) is 0 Å². The van der Waals surface area contributed by atoms with Crippen molar-refractivity contribution in [3.05, 3.63) is 86.2 Å². The van der Waals surface area contributed by atoms with E-state index in [-0.39, 0.29) is 6.10 Å². The van der Waals surface area contributed by atoms with E-state index in [1.807, 2.05) is 30.3 Å². The second-order valence-electron chi connectivity index (χ2n) is 7.58. The minimum Gasteiger partial charge on any atom is -0.492 e. The summed E-state index contributed by atoms with van der Waals surface area (Å²) in [5.74, 6) is 1.22. The van der Waals surface area contributed by atoms with Gasteiger partial charge in [0.15, 0.2) is 0 Å². The van der Waals surface area contributed by atoms with Crippen LogP contribution in [0.3, 0.4) is 0 Å². The molecule has 2 aliphatic rings. The van der Waals surface area contributed by atoms with E-state index < -0.39 is 5.63 Å². The summed E-state index contributed by atoms with van der Waals surface area (Å²) < 4.78 is 22.7. The first-order valence-corrected chi connectivity index (χ1v) is 10.3. The summed E-state index contributed by atoms with van der Waals surface area (Å²) in [7, 11) is 0. The maximum absolute atomic E-state index is 12.6. The first kappa shape index (κ1) is 20.2. The van der Waals surface area contributed by atoms with E-state index in [1.165, 1.54) is 0 Å². The molecule has 2 heterocycles. The van der Waals surface area contributed by atoms with Gasteiger partial charge in [0.25, 0.3) is 0 Å². The van der Waals surface area contributed by atoms with Gasteiger partial charge in [-0.3, -0.25) is 0 Å². The zero-order valence-electron chi connectivity index (χ0n) is 17.0. The van der Waals surface area contributed by atoms with Crippen molar-refractivity contribution in [2.24, 2.45) is 0 Å². The van der Waals surface area contributed by atoms with Crippen molar-refractivity contribution < 1.29 is 18.6 Å². The summed E-state index contributed by atoms with van der Waals surface area (Å²) in [5.41, 5.74) is 2.43. The molecule has 0 bridgehead atoms. The van der Waals surface area contributed by atoms with E-state index >= 15 is 0 Å². The molecule has 1 fully saturated rings. The van der Waals surface area contributed by atoms with Gasteiger partial charge >= 0.3 is 5.63 Å². The fourth-order valence-electron chi connectivity index (χ4n) is 3.73. The quantitative estimate of drug-likeness (QED) is 0.690. The van der Waals surface area contributed by atoms with Gasteiger partial charge in [-0.25, -0.2) is 4.79 Å². The Labute approximate surface area is 175 Å². The van der Waals surface area contributed by atoms with Crippen LogP contribution >= 0.6 is 0 Å². The normalized spacial score (nSPS) is 19.0. The maximum atomic E-state index is 12.6. The van der Waals surface area contributed by atoms with Crippen molar-refractivity contribution in [1.29, 1.82) is 0 Å². The van der Waals surface area contributed by atoms with Gasteiger partial charge in [-0.05, 0) is 36.5 Å². The van der Waals surface area contributed by atoms with E-state index in [0.717, 1.165) is 42.8 Å². The number of hydrogen-bond acceptors (Lipinski definition) is 5. The molecule has 30 heavy (non-hydrogen) atoms. The molecule has 1 aromatic heterocycles. The second-order valence-corrected chi connectivity index (χ2v) is 7.58. The van der Waals surface area contributed by atoms with Crippen LogP contribution in [0.2, 0.25) is 0 Å². The van der Waals surface area contributed by atoms with Gasteiger partial charge in [0.2, 0.25) is 0 Å². The van der Waals surface area contributed by atoms with E-state index in [0.29, 0.717) is 41.6 Å². The minimum absolute atomic E-state index is 0.0514. The third kappa shape index (κ3) is 4.74. The van der Waals surface area contributed by atoms with Crippen LogP contribution in [0.1, 0.15) is 36.0 Å². The molecule has 0 spiro atoms. The third-order valence-electron chi connectivity index (χ3n) is 5.33. The van der Waals surface area contributed by atoms with Gasteiger partial charge in [0.05, 0.1) is 17.9 Å². The number of hydrogen-bond donors (Lipinski definition) is 0. The molecule has 2 aromatic rings. The highest BCUT2D eigenvalue weighted by Crippen LogP contribution is 2.23. The van der Waals surface area contributed by atoms with Crippen molar-refractivity contribution in [3.63, 3.8) is 0 Å². The van der Waals surface area contributed by atoms with Crippen molar-refractivity contribution in [3.8, 4) is 0 Å². The van der Waals surface area contributed by atoms with Crippen LogP contribution in [0.15, 0.2) is 57.6 Å². The molecule has 0 N–H and O–H groups in total. The van der Waals surface area contributed by atoms with E-state index in [4.69, 9.17) is 18.6 Å². The molecule has 0 radical (unpaired) electrons. The first-order chi connectivity index (χ1) is 14.6. The van der Waals surface area contributed by atoms with E-state index in [9.17, 15) is 4.79 Å². The molecule has 1 aromatic carbocycles. The van der Waals surface area contributed by atoms with Gasteiger partial charge in [-0.1, -0.05) is 43.5 Å². The zero-order valence-corrected chi connectivity index (χ0v) is 17.0. The third-order valence-corrected chi connectivity index (χ3v) is 5.33. The Kier molecular flexibility index (Phi) is 6.19. The second kappa shape index (κ2) is 9.18. The monoisotopic (exact) mass is 406 g/mol. The number of rotatable bonds is 6. The molecule has 0 saturated carbocycles. The van der Waals surface area contributed by atoms with Crippen LogP contribution < -0.4 is 16.3 Å². The summed E-state index contributed by atoms with van der Waals surface area (Å²) in [6, 6.07) is 9.81. The number of fused-ring (bicyclic) bond motifs is 1. The fourth-order valence-corrected chi connectivity index (χ4v) is 3.73. The molecule has 4 rings (SSSR count). The largest absolute Gasteiger partial charge is 0.492 e. The Bertz CT molecular complexity index is 1100. The number of benzene rings is 1. The van der Waals surface area contributed by atoms with Crippen LogP contribution in [-0.4, -0.2) is 19.3 Å². The van der Waals surface area contributed by atoms with Gasteiger partial charge in [0, 0.05) is 24.3 Å². The van der Waals surface area contributed by atoms with Crippen molar-refractivity contribution in [1.82, 2.24) is 0 Å². The number of allylic oxidation sites excluding steroid dienone is 2. The molecule has 5 heteroatoms. The van der Waals surface area contributed by atoms with E-state index in [2.05, 4.69) is 13.2 Å². The van der Waals surface area contributed by atoms with Crippen molar-refractivity contribution in [2.75, 3.05) is 13.2 Å². The molecule has 0 amide bonds. The highest BCUT2D eigenvalue weighted by molar-refractivity contribution is 5.57. The summed E-state index contributed by atoms with van der Waals surface area (Å²) >= 11 is 0. The SMILES string of the molecule is C=C(/C=c1/oc(=O)c2c(c1=C)CCC(OC1CCCOC1)=C2)OCc1ccccc1. The van der Waals surface area contributed by atoms with Crippen LogP contribution in [0, 0.1) is 0 Å². The fraction of sp³-hybridized carbons (Fsp3) is 0.320. The topological polar surface area (TPSA) is 57.9 Å². The smallest absolute Gasteiger partial charge is 0.343 e. The maximum Gasteiger partial charge on any atom is 0.343 e. The van der Waals surface area contributed by atoms with Crippen molar-refractivity contribution in [2.45, 2.75) is 38.4 Å². The average Bonchev–Trinajstić information content (AvgIpc) is 2.77.